The third-order valence-corrected chi connectivity index (χ3v) is 3.69. The summed E-state index contributed by atoms with van der Waals surface area (Å²) in [5.74, 6) is 1.85. The first kappa shape index (κ1) is 9.15. The van der Waals surface area contributed by atoms with Crippen molar-refractivity contribution in [1.29, 1.82) is 0 Å². The van der Waals surface area contributed by atoms with Gasteiger partial charge in [-0.05, 0) is 24.7 Å². The Kier molecular flexibility index (Phi) is 1.95. The van der Waals surface area contributed by atoms with Gasteiger partial charge in [0.25, 0.3) is 0 Å². The lowest BCUT2D eigenvalue weighted by molar-refractivity contribution is 0.340. The lowest BCUT2D eigenvalue weighted by Gasteiger charge is -2.34. The van der Waals surface area contributed by atoms with Gasteiger partial charge in [-0.25, -0.2) is 0 Å². The maximum absolute atomic E-state index is 6.14. The smallest absolute Gasteiger partial charge is 0.318 e. The standard InChI is InChI=1S/C10H16N4O/c1-6-12-13-10(15-6)14-4-7-2-3-8(5-14)9(7)11/h7-9H,2-5,11H2,1H3/t7-,8+,9?. The average Bonchev–Trinajstić information content (AvgIpc) is 2.70. The summed E-state index contributed by atoms with van der Waals surface area (Å²) in [6.07, 6.45) is 2.49. The van der Waals surface area contributed by atoms with E-state index in [1.54, 1.807) is 0 Å². The molecule has 3 rings (SSSR count). The van der Waals surface area contributed by atoms with E-state index in [2.05, 4.69) is 15.1 Å². The van der Waals surface area contributed by atoms with Gasteiger partial charge in [-0.2, -0.15) is 0 Å². The third kappa shape index (κ3) is 1.42. The number of anilines is 1. The molecule has 1 aromatic heterocycles. The highest BCUT2D eigenvalue weighted by atomic mass is 16.4. The zero-order chi connectivity index (χ0) is 10.4. The normalized spacial score (nSPS) is 34.8. The van der Waals surface area contributed by atoms with Crippen LogP contribution in [0.5, 0.6) is 0 Å². The number of nitrogens with zero attached hydrogens (tertiary/aromatic N) is 3. The zero-order valence-corrected chi connectivity index (χ0v) is 8.89. The predicted octanol–water partition coefficient (Wildman–Crippen LogP) is 0.552. The van der Waals surface area contributed by atoms with E-state index in [9.17, 15) is 0 Å². The van der Waals surface area contributed by atoms with E-state index in [1.807, 2.05) is 6.92 Å². The van der Waals surface area contributed by atoms with Crippen molar-refractivity contribution >= 4 is 6.01 Å². The maximum atomic E-state index is 6.14. The molecule has 0 aromatic carbocycles. The summed E-state index contributed by atoms with van der Waals surface area (Å²) < 4.78 is 5.45. The Morgan fingerprint density at radius 3 is 2.47 bits per heavy atom. The molecule has 1 aliphatic carbocycles. The summed E-state index contributed by atoms with van der Waals surface area (Å²) in [4.78, 5) is 2.19. The van der Waals surface area contributed by atoms with Crippen LogP contribution in [0.1, 0.15) is 18.7 Å². The Labute approximate surface area is 88.6 Å². The van der Waals surface area contributed by atoms with Gasteiger partial charge in [-0.1, -0.05) is 5.10 Å². The minimum atomic E-state index is 0.380. The Morgan fingerprint density at radius 1 is 1.27 bits per heavy atom. The van der Waals surface area contributed by atoms with Crippen molar-refractivity contribution in [2.45, 2.75) is 25.8 Å². The molecule has 2 N–H and O–H groups in total. The second-order valence-electron chi connectivity index (χ2n) is 4.68. The van der Waals surface area contributed by atoms with Crippen LogP contribution in [0, 0.1) is 18.8 Å². The van der Waals surface area contributed by atoms with Crippen LogP contribution in [0.4, 0.5) is 6.01 Å². The number of aryl methyl sites for hydroxylation is 1. The molecule has 0 radical (unpaired) electrons. The lowest BCUT2D eigenvalue weighted by Crippen LogP contribution is -2.48. The monoisotopic (exact) mass is 208 g/mol. The van der Waals surface area contributed by atoms with Gasteiger partial charge in [0.2, 0.25) is 5.89 Å². The Morgan fingerprint density at radius 2 is 1.93 bits per heavy atom. The first-order chi connectivity index (χ1) is 7.24. The highest BCUT2D eigenvalue weighted by molar-refractivity contribution is 5.27. The maximum Gasteiger partial charge on any atom is 0.318 e. The third-order valence-electron chi connectivity index (χ3n) is 3.69. The van der Waals surface area contributed by atoms with Crippen molar-refractivity contribution in [1.82, 2.24) is 10.2 Å². The van der Waals surface area contributed by atoms with Crippen LogP contribution in [0.3, 0.4) is 0 Å². The number of rotatable bonds is 1. The quantitative estimate of drug-likeness (QED) is 0.730. The van der Waals surface area contributed by atoms with Crippen LogP contribution in [-0.2, 0) is 0 Å². The zero-order valence-electron chi connectivity index (χ0n) is 8.89. The molecule has 2 fully saturated rings. The Balaban J connectivity index is 1.80. The number of nitrogens with two attached hydrogens (primary N) is 1. The van der Waals surface area contributed by atoms with Crippen LogP contribution in [0.2, 0.25) is 0 Å². The minimum Gasteiger partial charge on any atom is -0.408 e. The van der Waals surface area contributed by atoms with Gasteiger partial charge in [0, 0.05) is 26.1 Å². The molecule has 1 unspecified atom stereocenters. The average molecular weight is 208 g/mol. The van der Waals surface area contributed by atoms with E-state index in [0.29, 0.717) is 29.8 Å². The molecular formula is C10H16N4O. The summed E-state index contributed by atoms with van der Waals surface area (Å²) in [5, 5.41) is 7.92. The highest BCUT2D eigenvalue weighted by Gasteiger charge is 2.40. The highest BCUT2D eigenvalue weighted by Crippen LogP contribution is 2.36. The molecule has 1 aromatic rings. The summed E-state index contributed by atoms with van der Waals surface area (Å²) in [7, 11) is 0. The summed E-state index contributed by atoms with van der Waals surface area (Å²) in [5.41, 5.74) is 6.14. The molecule has 5 heteroatoms. The van der Waals surface area contributed by atoms with Gasteiger partial charge in [0.05, 0.1) is 0 Å². The van der Waals surface area contributed by atoms with Crippen LogP contribution < -0.4 is 10.6 Å². The van der Waals surface area contributed by atoms with Crippen molar-refractivity contribution in [3.8, 4) is 0 Å². The van der Waals surface area contributed by atoms with Crippen molar-refractivity contribution in [2.24, 2.45) is 17.6 Å². The molecule has 2 bridgehead atoms. The second kappa shape index (κ2) is 3.20. The molecule has 1 saturated carbocycles. The SMILES string of the molecule is Cc1nnc(N2C[C@H]3CC[C@@H](C2)C3N)o1. The van der Waals surface area contributed by atoms with E-state index in [-0.39, 0.29) is 0 Å². The van der Waals surface area contributed by atoms with Gasteiger partial charge in [0.1, 0.15) is 0 Å². The number of hydrogen-bond acceptors (Lipinski definition) is 5. The van der Waals surface area contributed by atoms with Crippen molar-refractivity contribution in [2.75, 3.05) is 18.0 Å². The summed E-state index contributed by atoms with van der Waals surface area (Å²) in [6, 6.07) is 1.04. The van der Waals surface area contributed by atoms with Gasteiger partial charge in [-0.15, -0.1) is 5.10 Å². The summed E-state index contributed by atoms with van der Waals surface area (Å²) in [6.45, 7) is 3.76. The van der Waals surface area contributed by atoms with Crippen molar-refractivity contribution in [3.05, 3.63) is 5.89 Å². The predicted molar refractivity (Wildman–Crippen MR) is 55.4 cm³/mol. The van der Waals surface area contributed by atoms with E-state index in [1.165, 1.54) is 12.8 Å². The Bertz CT molecular complexity index is 350. The molecule has 1 saturated heterocycles. The molecule has 0 amide bonds. The van der Waals surface area contributed by atoms with Gasteiger partial charge in [-0.3, -0.25) is 0 Å². The number of piperidine rings is 1. The molecule has 1 aliphatic heterocycles. The second-order valence-corrected chi connectivity index (χ2v) is 4.68. The molecule has 2 heterocycles. The van der Waals surface area contributed by atoms with Crippen LogP contribution >= 0.6 is 0 Å². The first-order valence-electron chi connectivity index (χ1n) is 5.54. The number of hydrogen-bond donors (Lipinski definition) is 1. The first-order valence-corrected chi connectivity index (χ1v) is 5.54. The van der Waals surface area contributed by atoms with Crippen LogP contribution in [-0.4, -0.2) is 29.3 Å². The topological polar surface area (TPSA) is 68.2 Å². The van der Waals surface area contributed by atoms with E-state index >= 15 is 0 Å². The largest absolute Gasteiger partial charge is 0.408 e. The fourth-order valence-corrected chi connectivity index (χ4v) is 2.83. The number of fused-ring (bicyclic) bond motifs is 2. The number of aromatic nitrogens is 2. The molecular weight excluding hydrogens is 192 g/mol. The molecule has 3 atom stereocenters. The lowest BCUT2D eigenvalue weighted by atomic mass is 9.93. The molecule has 2 aliphatic rings. The molecule has 0 spiro atoms. The van der Waals surface area contributed by atoms with Crippen LogP contribution in [0.15, 0.2) is 4.42 Å². The summed E-state index contributed by atoms with van der Waals surface area (Å²) >= 11 is 0. The fraction of sp³-hybridized carbons (Fsp3) is 0.800. The van der Waals surface area contributed by atoms with E-state index in [4.69, 9.17) is 10.2 Å². The van der Waals surface area contributed by atoms with E-state index < -0.39 is 0 Å². The minimum absolute atomic E-state index is 0.380. The van der Waals surface area contributed by atoms with Crippen molar-refractivity contribution in [3.63, 3.8) is 0 Å². The molecule has 15 heavy (non-hydrogen) atoms. The molecule has 82 valence electrons. The van der Waals surface area contributed by atoms with Crippen molar-refractivity contribution < 1.29 is 4.42 Å². The fourth-order valence-electron chi connectivity index (χ4n) is 2.83. The van der Waals surface area contributed by atoms with Gasteiger partial charge in [0.15, 0.2) is 0 Å². The van der Waals surface area contributed by atoms with Crippen LogP contribution in [0.25, 0.3) is 0 Å². The Hall–Kier alpha value is -1.10. The van der Waals surface area contributed by atoms with Gasteiger partial charge >= 0.3 is 6.01 Å². The van der Waals surface area contributed by atoms with Gasteiger partial charge < -0.3 is 15.1 Å². The molecule has 5 nitrogen and oxygen atoms in total. The van der Waals surface area contributed by atoms with E-state index in [0.717, 1.165) is 13.1 Å².